The number of benzene rings is 2. The van der Waals surface area contributed by atoms with Crippen LogP contribution in [0.2, 0.25) is 0 Å². The number of hydrogen-bond acceptors (Lipinski definition) is 2. The molecule has 100 valence electrons. The third kappa shape index (κ3) is 2.64. The Balaban J connectivity index is 1.85. The van der Waals surface area contributed by atoms with Gasteiger partial charge < -0.3 is 5.32 Å². The van der Waals surface area contributed by atoms with E-state index in [9.17, 15) is 0 Å². The van der Waals surface area contributed by atoms with E-state index in [0.29, 0.717) is 0 Å². The predicted octanol–water partition coefficient (Wildman–Crippen LogP) is 4.72. The monoisotopic (exact) mass is 262 g/mol. The minimum absolute atomic E-state index is 0.262. The minimum atomic E-state index is 0.262. The van der Waals surface area contributed by atoms with E-state index in [1.807, 2.05) is 24.4 Å². The summed E-state index contributed by atoms with van der Waals surface area (Å²) >= 11 is 0. The molecule has 1 heterocycles. The number of anilines is 1. The highest BCUT2D eigenvalue weighted by molar-refractivity contribution is 5.81. The van der Waals surface area contributed by atoms with E-state index in [2.05, 4.69) is 60.5 Å². The fraction of sp³-hybridized carbons (Fsp3) is 0.167. The fourth-order valence-electron chi connectivity index (χ4n) is 2.42. The van der Waals surface area contributed by atoms with Crippen LogP contribution in [-0.4, -0.2) is 4.98 Å². The number of para-hydroxylation sites is 1. The highest BCUT2D eigenvalue weighted by Crippen LogP contribution is 2.22. The van der Waals surface area contributed by atoms with Crippen molar-refractivity contribution in [2.75, 3.05) is 5.32 Å². The molecular weight excluding hydrogens is 244 g/mol. The topological polar surface area (TPSA) is 24.9 Å². The molecule has 1 unspecified atom stereocenters. The number of hydrogen-bond donors (Lipinski definition) is 1. The Bertz CT molecular complexity index is 734. The molecule has 2 nitrogen and oxygen atoms in total. The molecule has 0 amide bonds. The molecule has 0 bridgehead atoms. The standard InChI is InChI=1S/C18H18N2/c1-13-6-5-8-15(10-13)14(2)20-17-11-16-7-3-4-9-18(16)19-12-17/h3-12,14,20H,1-2H3. The molecule has 1 atom stereocenters. The van der Waals surface area contributed by atoms with Crippen LogP contribution < -0.4 is 5.32 Å². The smallest absolute Gasteiger partial charge is 0.0703 e. The van der Waals surface area contributed by atoms with E-state index in [1.165, 1.54) is 11.1 Å². The number of nitrogens with zero attached hydrogens (tertiary/aromatic N) is 1. The third-order valence-corrected chi connectivity index (χ3v) is 3.52. The van der Waals surface area contributed by atoms with Gasteiger partial charge in [-0.3, -0.25) is 4.98 Å². The zero-order valence-corrected chi connectivity index (χ0v) is 11.8. The highest BCUT2D eigenvalue weighted by atomic mass is 14.9. The van der Waals surface area contributed by atoms with Crippen molar-refractivity contribution in [3.8, 4) is 0 Å². The van der Waals surface area contributed by atoms with Gasteiger partial charge in [0.2, 0.25) is 0 Å². The van der Waals surface area contributed by atoms with Crippen LogP contribution in [0.25, 0.3) is 10.9 Å². The first-order valence-corrected chi connectivity index (χ1v) is 6.90. The summed E-state index contributed by atoms with van der Waals surface area (Å²) in [4.78, 5) is 4.48. The third-order valence-electron chi connectivity index (χ3n) is 3.52. The maximum Gasteiger partial charge on any atom is 0.0703 e. The molecule has 1 aromatic heterocycles. The summed E-state index contributed by atoms with van der Waals surface area (Å²) in [5, 5.41) is 4.68. The fourth-order valence-corrected chi connectivity index (χ4v) is 2.42. The predicted molar refractivity (Wildman–Crippen MR) is 85.0 cm³/mol. The summed E-state index contributed by atoms with van der Waals surface area (Å²) in [5.41, 5.74) is 4.66. The number of pyridine rings is 1. The quantitative estimate of drug-likeness (QED) is 0.739. The van der Waals surface area contributed by atoms with Gasteiger partial charge in [-0.05, 0) is 31.5 Å². The molecule has 0 aliphatic heterocycles. The second kappa shape index (κ2) is 5.33. The molecule has 0 saturated heterocycles. The van der Waals surface area contributed by atoms with Gasteiger partial charge in [0, 0.05) is 11.4 Å². The van der Waals surface area contributed by atoms with Crippen molar-refractivity contribution in [3.63, 3.8) is 0 Å². The van der Waals surface area contributed by atoms with Gasteiger partial charge in [0.15, 0.2) is 0 Å². The van der Waals surface area contributed by atoms with Crippen LogP contribution in [0.3, 0.4) is 0 Å². The molecule has 1 N–H and O–H groups in total. The molecule has 0 spiro atoms. The van der Waals surface area contributed by atoms with E-state index in [0.717, 1.165) is 16.6 Å². The lowest BCUT2D eigenvalue weighted by Gasteiger charge is -2.16. The normalized spacial score (nSPS) is 12.3. The van der Waals surface area contributed by atoms with Crippen molar-refractivity contribution in [2.24, 2.45) is 0 Å². The first-order chi connectivity index (χ1) is 9.72. The van der Waals surface area contributed by atoms with Crippen LogP contribution in [0.1, 0.15) is 24.1 Å². The van der Waals surface area contributed by atoms with E-state index < -0.39 is 0 Å². The van der Waals surface area contributed by atoms with Gasteiger partial charge in [-0.25, -0.2) is 0 Å². The summed E-state index contributed by atoms with van der Waals surface area (Å²) in [6.07, 6.45) is 1.90. The zero-order chi connectivity index (χ0) is 13.9. The number of aryl methyl sites for hydroxylation is 1. The van der Waals surface area contributed by atoms with Gasteiger partial charge in [0.05, 0.1) is 17.4 Å². The molecule has 20 heavy (non-hydrogen) atoms. The first kappa shape index (κ1) is 12.7. The summed E-state index contributed by atoms with van der Waals surface area (Å²) in [5.74, 6) is 0. The van der Waals surface area contributed by atoms with Crippen molar-refractivity contribution in [1.29, 1.82) is 0 Å². The van der Waals surface area contributed by atoms with Crippen molar-refractivity contribution < 1.29 is 0 Å². The molecule has 0 radical (unpaired) electrons. The van der Waals surface area contributed by atoms with Gasteiger partial charge in [-0.15, -0.1) is 0 Å². The lowest BCUT2D eigenvalue weighted by atomic mass is 10.1. The van der Waals surface area contributed by atoms with Crippen LogP contribution in [-0.2, 0) is 0 Å². The SMILES string of the molecule is Cc1cccc(C(C)Nc2cnc3ccccc3c2)c1. The maximum atomic E-state index is 4.48. The van der Waals surface area contributed by atoms with Crippen molar-refractivity contribution in [3.05, 3.63) is 71.9 Å². The number of fused-ring (bicyclic) bond motifs is 1. The molecule has 0 aliphatic rings. The maximum absolute atomic E-state index is 4.48. The van der Waals surface area contributed by atoms with Gasteiger partial charge in [0.25, 0.3) is 0 Å². The molecule has 0 aliphatic carbocycles. The largest absolute Gasteiger partial charge is 0.377 e. The molecule has 3 aromatic rings. The first-order valence-electron chi connectivity index (χ1n) is 6.90. The van der Waals surface area contributed by atoms with Gasteiger partial charge in [0.1, 0.15) is 0 Å². The molecule has 0 fully saturated rings. The molecule has 0 saturated carbocycles. The Morgan fingerprint density at radius 3 is 2.70 bits per heavy atom. The second-order valence-electron chi connectivity index (χ2n) is 5.20. The minimum Gasteiger partial charge on any atom is -0.377 e. The van der Waals surface area contributed by atoms with Crippen LogP contribution in [0.15, 0.2) is 60.8 Å². The average Bonchev–Trinajstić information content (AvgIpc) is 2.47. The van der Waals surface area contributed by atoms with E-state index in [1.54, 1.807) is 0 Å². The van der Waals surface area contributed by atoms with E-state index in [4.69, 9.17) is 0 Å². The summed E-state index contributed by atoms with van der Waals surface area (Å²) in [6.45, 7) is 4.29. The molecule has 2 heteroatoms. The Labute approximate surface area is 119 Å². The van der Waals surface area contributed by atoms with Crippen molar-refractivity contribution >= 4 is 16.6 Å². The van der Waals surface area contributed by atoms with Gasteiger partial charge in [-0.1, -0.05) is 48.0 Å². The Hall–Kier alpha value is -2.35. The summed E-state index contributed by atoms with van der Waals surface area (Å²) in [7, 11) is 0. The second-order valence-corrected chi connectivity index (χ2v) is 5.20. The van der Waals surface area contributed by atoms with E-state index >= 15 is 0 Å². The van der Waals surface area contributed by atoms with E-state index in [-0.39, 0.29) is 6.04 Å². The number of rotatable bonds is 3. The number of nitrogens with one attached hydrogen (secondary N) is 1. The number of aromatic nitrogens is 1. The van der Waals surface area contributed by atoms with Crippen LogP contribution in [0.5, 0.6) is 0 Å². The Morgan fingerprint density at radius 2 is 1.85 bits per heavy atom. The molecule has 3 rings (SSSR count). The average molecular weight is 262 g/mol. The zero-order valence-electron chi connectivity index (χ0n) is 11.8. The highest BCUT2D eigenvalue weighted by Gasteiger charge is 2.06. The molecule has 2 aromatic carbocycles. The summed E-state index contributed by atoms with van der Waals surface area (Å²) < 4.78 is 0. The summed E-state index contributed by atoms with van der Waals surface area (Å²) in [6, 6.07) is 19.2. The lowest BCUT2D eigenvalue weighted by Crippen LogP contribution is -2.06. The Morgan fingerprint density at radius 1 is 1.00 bits per heavy atom. The van der Waals surface area contributed by atoms with Crippen LogP contribution in [0, 0.1) is 6.92 Å². The van der Waals surface area contributed by atoms with Crippen molar-refractivity contribution in [1.82, 2.24) is 4.98 Å². The van der Waals surface area contributed by atoms with Crippen molar-refractivity contribution in [2.45, 2.75) is 19.9 Å². The Kier molecular flexibility index (Phi) is 3.38. The molecular formula is C18H18N2. The van der Waals surface area contributed by atoms with Gasteiger partial charge >= 0.3 is 0 Å². The van der Waals surface area contributed by atoms with Crippen LogP contribution in [0.4, 0.5) is 5.69 Å². The van der Waals surface area contributed by atoms with Crippen LogP contribution >= 0.6 is 0 Å². The lowest BCUT2D eigenvalue weighted by molar-refractivity contribution is 0.882. The van der Waals surface area contributed by atoms with Gasteiger partial charge in [-0.2, -0.15) is 0 Å².